The van der Waals surface area contributed by atoms with Crippen molar-refractivity contribution in [3.63, 3.8) is 0 Å². The van der Waals surface area contributed by atoms with Crippen LogP contribution < -0.4 is 10.6 Å². The lowest BCUT2D eigenvalue weighted by Crippen LogP contribution is -2.23. The van der Waals surface area contributed by atoms with Crippen molar-refractivity contribution in [2.24, 2.45) is 0 Å². The minimum Gasteiger partial charge on any atom is -0.455 e. The Balaban J connectivity index is 1.87. The van der Waals surface area contributed by atoms with E-state index in [1.807, 2.05) is 32.0 Å². The Bertz CT molecular complexity index is 822. The van der Waals surface area contributed by atoms with Gasteiger partial charge in [0.05, 0.1) is 6.42 Å². The van der Waals surface area contributed by atoms with E-state index >= 15 is 0 Å². The number of rotatable bonds is 8. The van der Waals surface area contributed by atoms with Crippen molar-refractivity contribution < 1.29 is 19.1 Å². The van der Waals surface area contributed by atoms with E-state index in [0.717, 1.165) is 35.2 Å². The van der Waals surface area contributed by atoms with Crippen LogP contribution in [0.3, 0.4) is 0 Å². The Hall–Kier alpha value is -3.15. The highest BCUT2D eigenvalue weighted by atomic mass is 16.5. The average Bonchev–Trinajstić information content (AvgIpc) is 2.67. The first kappa shape index (κ1) is 21.2. The molecule has 0 aliphatic carbocycles. The van der Waals surface area contributed by atoms with E-state index in [1.54, 1.807) is 24.3 Å². The van der Waals surface area contributed by atoms with Gasteiger partial charge in [-0.2, -0.15) is 0 Å². The molecule has 0 fully saturated rings. The van der Waals surface area contributed by atoms with Crippen molar-refractivity contribution >= 4 is 29.2 Å². The monoisotopic (exact) mass is 382 g/mol. The molecule has 28 heavy (non-hydrogen) atoms. The van der Waals surface area contributed by atoms with Crippen molar-refractivity contribution in [2.75, 3.05) is 17.2 Å². The number of hydrogen-bond donors (Lipinski definition) is 2. The van der Waals surface area contributed by atoms with E-state index in [0.29, 0.717) is 5.69 Å². The van der Waals surface area contributed by atoms with Gasteiger partial charge in [0.15, 0.2) is 6.61 Å². The molecule has 0 aromatic heterocycles. The van der Waals surface area contributed by atoms with Gasteiger partial charge in [-0.1, -0.05) is 44.2 Å². The number of esters is 1. The number of para-hydroxylation sites is 1. The molecular weight excluding hydrogens is 356 g/mol. The number of aryl methyl sites for hydroxylation is 2. The van der Waals surface area contributed by atoms with Crippen LogP contribution in [0.25, 0.3) is 0 Å². The number of amides is 2. The maximum Gasteiger partial charge on any atom is 0.310 e. The first-order valence-electron chi connectivity index (χ1n) is 9.35. The molecule has 0 heterocycles. The van der Waals surface area contributed by atoms with Crippen molar-refractivity contribution in [2.45, 2.75) is 40.0 Å². The van der Waals surface area contributed by atoms with Crippen LogP contribution in [0.1, 0.15) is 37.5 Å². The molecule has 2 amide bonds. The maximum atomic E-state index is 12.2. The zero-order valence-electron chi connectivity index (χ0n) is 16.5. The summed E-state index contributed by atoms with van der Waals surface area (Å²) in [5.74, 6) is -0.999. The topological polar surface area (TPSA) is 84.5 Å². The Morgan fingerprint density at radius 3 is 2.04 bits per heavy atom. The number of nitrogens with one attached hydrogen (secondary N) is 2. The molecule has 0 saturated carbocycles. The predicted molar refractivity (Wildman–Crippen MR) is 109 cm³/mol. The highest BCUT2D eigenvalue weighted by Crippen LogP contribution is 2.22. The molecule has 0 atom stereocenters. The quantitative estimate of drug-likeness (QED) is 0.685. The second-order valence-electron chi connectivity index (χ2n) is 6.42. The van der Waals surface area contributed by atoms with E-state index in [9.17, 15) is 14.4 Å². The van der Waals surface area contributed by atoms with Gasteiger partial charge < -0.3 is 15.4 Å². The zero-order chi connectivity index (χ0) is 20.5. The minimum atomic E-state index is -0.484. The highest BCUT2D eigenvalue weighted by Gasteiger charge is 2.12. The summed E-state index contributed by atoms with van der Waals surface area (Å²) in [6.07, 6.45) is 1.66. The van der Waals surface area contributed by atoms with Crippen molar-refractivity contribution in [3.05, 3.63) is 59.2 Å². The molecule has 2 aromatic carbocycles. The molecule has 0 bridgehead atoms. The van der Waals surface area contributed by atoms with Gasteiger partial charge in [0, 0.05) is 18.3 Å². The smallest absolute Gasteiger partial charge is 0.310 e. The average molecular weight is 382 g/mol. The zero-order valence-corrected chi connectivity index (χ0v) is 16.5. The third kappa shape index (κ3) is 6.23. The fourth-order valence-electron chi connectivity index (χ4n) is 2.85. The molecular formula is C22H26N2O4. The molecule has 0 spiro atoms. The lowest BCUT2D eigenvalue weighted by molar-refractivity contribution is -0.146. The summed E-state index contributed by atoms with van der Waals surface area (Å²) < 4.78 is 5.10. The molecule has 0 unspecified atom stereocenters. The van der Waals surface area contributed by atoms with Crippen LogP contribution >= 0.6 is 0 Å². The van der Waals surface area contributed by atoms with Gasteiger partial charge in [-0.25, -0.2) is 0 Å². The number of benzene rings is 2. The second kappa shape index (κ2) is 10.3. The lowest BCUT2D eigenvalue weighted by atomic mass is 10.0. The molecule has 2 N–H and O–H groups in total. The van der Waals surface area contributed by atoms with Gasteiger partial charge in [0.2, 0.25) is 5.91 Å². The van der Waals surface area contributed by atoms with E-state index < -0.39 is 5.97 Å². The van der Waals surface area contributed by atoms with Crippen LogP contribution in [0.2, 0.25) is 0 Å². The minimum absolute atomic E-state index is 0.0549. The summed E-state index contributed by atoms with van der Waals surface area (Å²) >= 11 is 0. The number of carbonyl (C=O) groups is 3. The van der Waals surface area contributed by atoms with Gasteiger partial charge in [-0.15, -0.1) is 0 Å². The van der Waals surface area contributed by atoms with Crippen molar-refractivity contribution in [1.82, 2.24) is 0 Å². The third-order valence-corrected chi connectivity index (χ3v) is 4.25. The summed E-state index contributed by atoms with van der Waals surface area (Å²) in [7, 11) is 0. The van der Waals surface area contributed by atoms with Crippen LogP contribution in [0, 0.1) is 0 Å². The van der Waals surface area contributed by atoms with Crippen molar-refractivity contribution in [3.8, 4) is 0 Å². The van der Waals surface area contributed by atoms with Gasteiger partial charge in [-0.3, -0.25) is 14.4 Å². The SMILES string of the molecule is CCc1cccc(CC)c1NC(=O)COC(=O)Cc1ccc(NC(C)=O)cc1. The fraction of sp³-hybridized carbons (Fsp3) is 0.318. The molecule has 6 heteroatoms. The first-order chi connectivity index (χ1) is 13.4. The normalized spacial score (nSPS) is 10.2. The summed E-state index contributed by atoms with van der Waals surface area (Å²) in [6, 6.07) is 12.8. The predicted octanol–water partition coefficient (Wildman–Crippen LogP) is 3.49. The van der Waals surface area contributed by atoms with Gasteiger partial charge in [0.25, 0.3) is 5.91 Å². The van der Waals surface area contributed by atoms with Crippen LogP contribution in [0.4, 0.5) is 11.4 Å². The summed E-state index contributed by atoms with van der Waals surface area (Å²) in [5.41, 5.74) is 4.31. The Kier molecular flexibility index (Phi) is 7.75. The van der Waals surface area contributed by atoms with Gasteiger partial charge in [-0.05, 0) is 41.7 Å². The number of hydrogen-bond acceptors (Lipinski definition) is 4. The molecule has 2 aromatic rings. The molecule has 0 aliphatic heterocycles. The maximum absolute atomic E-state index is 12.2. The molecule has 0 saturated heterocycles. The Morgan fingerprint density at radius 1 is 0.893 bits per heavy atom. The Labute approximate surface area is 165 Å². The summed E-state index contributed by atoms with van der Waals surface area (Å²) in [4.78, 5) is 35.2. The second-order valence-corrected chi connectivity index (χ2v) is 6.42. The fourth-order valence-corrected chi connectivity index (χ4v) is 2.85. The van der Waals surface area contributed by atoms with E-state index in [4.69, 9.17) is 4.74 Å². The summed E-state index contributed by atoms with van der Waals surface area (Å²) in [6.45, 7) is 5.16. The van der Waals surface area contributed by atoms with Gasteiger partial charge in [0.1, 0.15) is 0 Å². The number of ether oxygens (including phenoxy) is 1. The van der Waals surface area contributed by atoms with E-state index in [-0.39, 0.29) is 24.8 Å². The van der Waals surface area contributed by atoms with Crippen LogP contribution in [0.15, 0.2) is 42.5 Å². The Morgan fingerprint density at radius 2 is 1.50 bits per heavy atom. The molecule has 0 radical (unpaired) electrons. The highest BCUT2D eigenvalue weighted by molar-refractivity contribution is 5.94. The molecule has 6 nitrogen and oxygen atoms in total. The molecule has 2 rings (SSSR count). The molecule has 148 valence electrons. The van der Waals surface area contributed by atoms with E-state index in [2.05, 4.69) is 10.6 Å². The summed E-state index contributed by atoms with van der Waals surface area (Å²) in [5, 5.41) is 5.53. The van der Waals surface area contributed by atoms with Gasteiger partial charge >= 0.3 is 5.97 Å². The lowest BCUT2D eigenvalue weighted by Gasteiger charge is -2.14. The third-order valence-electron chi connectivity index (χ3n) is 4.25. The number of carbonyl (C=O) groups excluding carboxylic acids is 3. The van der Waals surface area contributed by atoms with E-state index in [1.165, 1.54) is 6.92 Å². The van der Waals surface area contributed by atoms with Crippen molar-refractivity contribution in [1.29, 1.82) is 0 Å². The largest absolute Gasteiger partial charge is 0.455 e. The van der Waals surface area contributed by atoms with Crippen LogP contribution in [0.5, 0.6) is 0 Å². The van der Waals surface area contributed by atoms with Crippen LogP contribution in [-0.2, 0) is 38.4 Å². The number of anilines is 2. The first-order valence-corrected chi connectivity index (χ1v) is 9.35. The standard InChI is InChI=1S/C22H26N2O4/c1-4-17-7-6-8-18(5-2)22(17)24-20(26)14-28-21(27)13-16-9-11-19(12-10-16)23-15(3)25/h6-12H,4-5,13-14H2,1-3H3,(H,23,25)(H,24,26). The van der Waals surface area contributed by atoms with Crippen LogP contribution in [-0.4, -0.2) is 24.4 Å². The molecule has 0 aliphatic rings.